The van der Waals surface area contributed by atoms with E-state index in [0.29, 0.717) is 0 Å². The first-order chi connectivity index (χ1) is 6.45. The van der Waals surface area contributed by atoms with E-state index in [2.05, 4.69) is 47.7 Å². The molecule has 0 aliphatic rings. The van der Waals surface area contributed by atoms with Gasteiger partial charge in [-0.2, -0.15) is 0 Å². The van der Waals surface area contributed by atoms with Crippen molar-refractivity contribution in [3.63, 3.8) is 0 Å². The third kappa shape index (κ3) is 2.79. The minimum absolute atomic E-state index is 0.168. The van der Waals surface area contributed by atoms with Crippen molar-refractivity contribution in [3.05, 3.63) is 29.8 Å². The van der Waals surface area contributed by atoms with Gasteiger partial charge in [0.15, 0.2) is 0 Å². The van der Waals surface area contributed by atoms with Crippen molar-refractivity contribution in [2.45, 2.75) is 24.5 Å². The van der Waals surface area contributed by atoms with Crippen molar-refractivity contribution in [2.24, 2.45) is 0 Å². The van der Waals surface area contributed by atoms with Crippen LogP contribution >= 0.6 is 15.9 Å². The molecule has 0 aromatic heterocycles. The maximum Gasteiger partial charge on any atom is 0.138 e. The summed E-state index contributed by atoms with van der Waals surface area (Å²) in [7, 11) is -1.20. The van der Waals surface area contributed by atoms with E-state index in [0.717, 1.165) is 11.8 Å². The van der Waals surface area contributed by atoms with Crippen molar-refractivity contribution < 1.29 is 4.79 Å². The average molecular weight is 271 g/mol. The summed E-state index contributed by atoms with van der Waals surface area (Å²) in [6.07, 6.45) is 0.906. The Morgan fingerprint density at radius 1 is 1.21 bits per heavy atom. The Balaban J connectivity index is 2.95. The highest BCUT2D eigenvalue weighted by atomic mass is 79.9. The number of aldehydes is 1. The van der Waals surface area contributed by atoms with Gasteiger partial charge in [-0.05, 0) is 5.56 Å². The molecule has 1 nitrogen and oxygen atoms in total. The number of alkyl halides is 1. The van der Waals surface area contributed by atoms with Crippen LogP contribution < -0.4 is 5.19 Å². The van der Waals surface area contributed by atoms with Gasteiger partial charge in [0.2, 0.25) is 0 Å². The van der Waals surface area contributed by atoms with Crippen LogP contribution in [-0.4, -0.2) is 14.4 Å². The lowest BCUT2D eigenvalue weighted by Crippen LogP contribution is -2.37. The monoisotopic (exact) mass is 270 g/mol. The Kier molecular flexibility index (Phi) is 3.67. The van der Waals surface area contributed by atoms with Crippen molar-refractivity contribution in [1.82, 2.24) is 0 Å². The molecule has 1 rings (SSSR count). The van der Waals surface area contributed by atoms with Gasteiger partial charge in [-0.25, -0.2) is 0 Å². The Morgan fingerprint density at radius 3 is 2.07 bits per heavy atom. The summed E-state index contributed by atoms with van der Waals surface area (Å²) in [5.74, 6) is 0. The van der Waals surface area contributed by atoms with Crippen LogP contribution in [0.4, 0.5) is 0 Å². The molecule has 1 unspecified atom stereocenters. The van der Waals surface area contributed by atoms with E-state index in [-0.39, 0.29) is 4.83 Å². The number of hydrogen-bond donors (Lipinski definition) is 0. The molecule has 0 spiro atoms. The van der Waals surface area contributed by atoms with Gasteiger partial charge in [0.05, 0.1) is 12.9 Å². The highest BCUT2D eigenvalue weighted by Gasteiger charge is 2.16. The fraction of sp³-hybridized carbons (Fsp3) is 0.364. The van der Waals surface area contributed by atoms with E-state index < -0.39 is 8.07 Å². The first-order valence-electron chi connectivity index (χ1n) is 4.65. The molecular weight excluding hydrogens is 256 g/mol. The molecule has 0 aliphatic carbocycles. The number of hydrogen-bond acceptors (Lipinski definition) is 1. The van der Waals surface area contributed by atoms with E-state index in [1.54, 1.807) is 0 Å². The predicted molar refractivity (Wildman–Crippen MR) is 67.2 cm³/mol. The number of carbonyl (C=O) groups is 1. The standard InChI is InChI=1S/C11H15BrOSi/c1-14(2,3)10-6-4-9(5-7-10)11(12)8-13/h4-8,11H,1-3H3. The minimum atomic E-state index is -1.20. The summed E-state index contributed by atoms with van der Waals surface area (Å²) in [6, 6.07) is 8.33. The maximum atomic E-state index is 10.5. The summed E-state index contributed by atoms with van der Waals surface area (Å²) in [4.78, 5) is 10.4. The number of benzene rings is 1. The summed E-state index contributed by atoms with van der Waals surface area (Å²) < 4.78 is 0. The molecular formula is C11H15BrOSi. The predicted octanol–water partition coefficient (Wildman–Crippen LogP) is 2.87. The van der Waals surface area contributed by atoms with Crippen molar-refractivity contribution in [1.29, 1.82) is 0 Å². The highest BCUT2D eigenvalue weighted by Crippen LogP contribution is 2.19. The third-order valence-electron chi connectivity index (χ3n) is 2.21. The number of carbonyl (C=O) groups excluding carboxylic acids is 1. The summed E-state index contributed by atoms with van der Waals surface area (Å²) in [5, 5.41) is 1.42. The second-order valence-corrected chi connectivity index (χ2v) is 10.5. The highest BCUT2D eigenvalue weighted by molar-refractivity contribution is 9.09. The quantitative estimate of drug-likeness (QED) is 0.469. The molecule has 14 heavy (non-hydrogen) atoms. The Morgan fingerprint density at radius 2 is 1.71 bits per heavy atom. The van der Waals surface area contributed by atoms with E-state index in [9.17, 15) is 4.79 Å². The van der Waals surface area contributed by atoms with Crippen molar-refractivity contribution >= 4 is 35.5 Å². The fourth-order valence-electron chi connectivity index (χ4n) is 1.25. The molecule has 0 bridgehead atoms. The number of halogens is 1. The topological polar surface area (TPSA) is 17.1 Å². The molecule has 0 saturated heterocycles. The average Bonchev–Trinajstić information content (AvgIpc) is 2.15. The van der Waals surface area contributed by atoms with Gasteiger partial charge >= 0.3 is 0 Å². The molecule has 76 valence electrons. The van der Waals surface area contributed by atoms with Gasteiger partial charge in [-0.1, -0.05) is 65.0 Å². The molecule has 0 fully saturated rings. The van der Waals surface area contributed by atoms with E-state index >= 15 is 0 Å². The first kappa shape index (κ1) is 11.7. The molecule has 0 aliphatic heterocycles. The molecule has 0 amide bonds. The Hall–Kier alpha value is -0.413. The van der Waals surface area contributed by atoms with E-state index in [4.69, 9.17) is 0 Å². The van der Waals surface area contributed by atoms with Crippen LogP contribution in [0, 0.1) is 0 Å². The zero-order valence-electron chi connectivity index (χ0n) is 8.75. The van der Waals surface area contributed by atoms with Crippen LogP contribution in [0.25, 0.3) is 0 Å². The third-order valence-corrected chi connectivity index (χ3v) is 5.02. The van der Waals surface area contributed by atoms with Crippen LogP contribution in [0.5, 0.6) is 0 Å². The minimum Gasteiger partial charge on any atom is -0.302 e. The lowest BCUT2D eigenvalue weighted by Gasteiger charge is -2.16. The number of rotatable bonds is 3. The van der Waals surface area contributed by atoms with Crippen molar-refractivity contribution in [3.8, 4) is 0 Å². The Bertz CT molecular complexity index is 313. The normalized spacial score (nSPS) is 13.7. The van der Waals surface area contributed by atoms with Crippen LogP contribution in [0.1, 0.15) is 10.4 Å². The summed E-state index contributed by atoms with van der Waals surface area (Å²) in [5.41, 5.74) is 1.03. The molecule has 0 radical (unpaired) electrons. The molecule has 1 aromatic rings. The van der Waals surface area contributed by atoms with Gasteiger partial charge in [0.25, 0.3) is 0 Å². The second kappa shape index (κ2) is 4.40. The second-order valence-electron chi connectivity index (χ2n) is 4.41. The Labute approximate surface area is 94.7 Å². The molecule has 0 heterocycles. The molecule has 0 saturated carbocycles. The molecule has 0 N–H and O–H groups in total. The first-order valence-corrected chi connectivity index (χ1v) is 9.06. The van der Waals surface area contributed by atoms with Gasteiger partial charge in [-0.3, -0.25) is 0 Å². The largest absolute Gasteiger partial charge is 0.302 e. The van der Waals surface area contributed by atoms with Gasteiger partial charge < -0.3 is 4.79 Å². The molecule has 1 atom stereocenters. The summed E-state index contributed by atoms with van der Waals surface area (Å²) >= 11 is 3.30. The van der Waals surface area contributed by atoms with Crippen LogP contribution in [0.2, 0.25) is 19.6 Å². The zero-order chi connectivity index (χ0) is 10.8. The van der Waals surface area contributed by atoms with Gasteiger partial charge in [0.1, 0.15) is 6.29 Å². The van der Waals surface area contributed by atoms with Crippen molar-refractivity contribution in [2.75, 3.05) is 0 Å². The molecule has 1 aromatic carbocycles. The smallest absolute Gasteiger partial charge is 0.138 e. The lowest BCUT2D eigenvalue weighted by molar-refractivity contribution is -0.107. The lowest BCUT2D eigenvalue weighted by atomic mass is 10.2. The van der Waals surface area contributed by atoms with Gasteiger partial charge in [0, 0.05) is 0 Å². The van der Waals surface area contributed by atoms with Crippen LogP contribution in [0.15, 0.2) is 24.3 Å². The fourth-order valence-corrected chi connectivity index (χ4v) is 2.72. The van der Waals surface area contributed by atoms with Crippen LogP contribution in [0.3, 0.4) is 0 Å². The zero-order valence-corrected chi connectivity index (χ0v) is 11.3. The van der Waals surface area contributed by atoms with Gasteiger partial charge in [-0.15, -0.1) is 0 Å². The van der Waals surface area contributed by atoms with Crippen LogP contribution in [-0.2, 0) is 4.79 Å². The summed E-state index contributed by atoms with van der Waals surface area (Å²) in [6.45, 7) is 6.94. The van der Waals surface area contributed by atoms with E-state index in [1.165, 1.54) is 5.19 Å². The SMILES string of the molecule is C[Si](C)(C)c1ccc(C(Br)C=O)cc1. The maximum absolute atomic E-state index is 10.5. The van der Waals surface area contributed by atoms with E-state index in [1.807, 2.05) is 12.1 Å². The molecule has 3 heteroatoms.